The number of hydrogen-bond donors (Lipinski definition) is 1. The summed E-state index contributed by atoms with van der Waals surface area (Å²) in [4.78, 5) is 0. The standard InChI is InChI=1S/C14H18N2/c1-11(2)8-9-16-12(3)14-6-4-13(10-15)5-7-14/h4-8,12,16H,9H2,1-3H3. The van der Waals surface area contributed by atoms with Crippen molar-refractivity contribution in [3.05, 3.63) is 47.0 Å². The summed E-state index contributed by atoms with van der Waals surface area (Å²) < 4.78 is 0. The topological polar surface area (TPSA) is 35.8 Å². The SMILES string of the molecule is CC(C)=CCNC(C)c1ccc(C#N)cc1. The number of rotatable bonds is 4. The fourth-order valence-electron chi connectivity index (χ4n) is 1.40. The van der Waals surface area contributed by atoms with Crippen molar-refractivity contribution in [2.45, 2.75) is 26.8 Å². The molecule has 0 saturated carbocycles. The van der Waals surface area contributed by atoms with Crippen molar-refractivity contribution < 1.29 is 0 Å². The number of nitriles is 1. The van der Waals surface area contributed by atoms with E-state index in [9.17, 15) is 0 Å². The number of nitrogens with one attached hydrogen (secondary N) is 1. The van der Waals surface area contributed by atoms with Crippen LogP contribution >= 0.6 is 0 Å². The van der Waals surface area contributed by atoms with Gasteiger partial charge in [-0.1, -0.05) is 23.8 Å². The molecule has 1 N–H and O–H groups in total. The zero-order chi connectivity index (χ0) is 12.0. The van der Waals surface area contributed by atoms with Gasteiger partial charge in [0.2, 0.25) is 0 Å². The Labute approximate surface area is 97.6 Å². The summed E-state index contributed by atoms with van der Waals surface area (Å²) in [5.41, 5.74) is 3.24. The first kappa shape index (κ1) is 12.5. The van der Waals surface area contributed by atoms with Crippen LogP contribution in [0, 0.1) is 11.3 Å². The van der Waals surface area contributed by atoms with E-state index in [4.69, 9.17) is 5.26 Å². The van der Waals surface area contributed by atoms with Crippen molar-refractivity contribution in [3.63, 3.8) is 0 Å². The average molecular weight is 214 g/mol. The third kappa shape index (κ3) is 3.88. The van der Waals surface area contributed by atoms with E-state index in [-0.39, 0.29) is 0 Å². The highest BCUT2D eigenvalue weighted by molar-refractivity contribution is 5.32. The summed E-state index contributed by atoms with van der Waals surface area (Å²) in [5, 5.41) is 12.1. The molecule has 16 heavy (non-hydrogen) atoms. The maximum atomic E-state index is 8.70. The summed E-state index contributed by atoms with van der Waals surface area (Å²) in [6, 6.07) is 10.1. The highest BCUT2D eigenvalue weighted by Gasteiger charge is 2.02. The fraction of sp³-hybridized carbons (Fsp3) is 0.357. The Balaban J connectivity index is 2.56. The molecule has 0 aliphatic carbocycles. The van der Waals surface area contributed by atoms with Gasteiger partial charge in [0, 0.05) is 12.6 Å². The Morgan fingerprint density at radius 3 is 2.50 bits per heavy atom. The van der Waals surface area contributed by atoms with Crippen LogP contribution in [0.25, 0.3) is 0 Å². The maximum Gasteiger partial charge on any atom is 0.0991 e. The molecule has 0 aliphatic rings. The average Bonchev–Trinajstić information content (AvgIpc) is 2.28. The highest BCUT2D eigenvalue weighted by Crippen LogP contribution is 2.12. The molecule has 0 aliphatic heterocycles. The van der Waals surface area contributed by atoms with Crippen LogP contribution in [0.15, 0.2) is 35.9 Å². The third-order valence-electron chi connectivity index (χ3n) is 2.47. The Morgan fingerprint density at radius 1 is 1.38 bits per heavy atom. The van der Waals surface area contributed by atoms with Crippen molar-refractivity contribution >= 4 is 0 Å². The lowest BCUT2D eigenvalue weighted by Crippen LogP contribution is -2.18. The molecule has 1 atom stereocenters. The first-order valence-electron chi connectivity index (χ1n) is 5.50. The molecule has 1 unspecified atom stereocenters. The van der Waals surface area contributed by atoms with E-state index in [0.29, 0.717) is 11.6 Å². The van der Waals surface area contributed by atoms with Crippen LogP contribution in [0.5, 0.6) is 0 Å². The highest BCUT2D eigenvalue weighted by atomic mass is 14.9. The smallest absolute Gasteiger partial charge is 0.0991 e. The molecule has 0 spiro atoms. The Morgan fingerprint density at radius 2 is 2.00 bits per heavy atom. The van der Waals surface area contributed by atoms with Gasteiger partial charge in [-0.3, -0.25) is 0 Å². The van der Waals surface area contributed by atoms with Gasteiger partial charge in [-0.2, -0.15) is 5.26 Å². The first-order valence-corrected chi connectivity index (χ1v) is 5.50. The van der Waals surface area contributed by atoms with Crippen molar-refractivity contribution in [2.24, 2.45) is 0 Å². The lowest BCUT2D eigenvalue weighted by atomic mass is 10.1. The van der Waals surface area contributed by atoms with Gasteiger partial charge in [-0.15, -0.1) is 0 Å². The molecule has 0 heterocycles. The molecule has 0 aromatic heterocycles. The predicted octanol–water partition coefficient (Wildman–Crippen LogP) is 3.18. The zero-order valence-electron chi connectivity index (χ0n) is 10.1. The zero-order valence-corrected chi connectivity index (χ0v) is 10.1. The van der Waals surface area contributed by atoms with Gasteiger partial charge in [0.05, 0.1) is 11.6 Å². The second kappa shape index (κ2) is 6.09. The second-order valence-corrected chi connectivity index (χ2v) is 4.15. The molecule has 1 aromatic rings. The van der Waals surface area contributed by atoms with Gasteiger partial charge in [-0.25, -0.2) is 0 Å². The van der Waals surface area contributed by atoms with Crippen LogP contribution in [-0.2, 0) is 0 Å². The van der Waals surface area contributed by atoms with Gasteiger partial charge < -0.3 is 5.32 Å². The summed E-state index contributed by atoms with van der Waals surface area (Å²) >= 11 is 0. The Bertz CT molecular complexity index is 392. The lowest BCUT2D eigenvalue weighted by Gasteiger charge is -2.12. The van der Waals surface area contributed by atoms with E-state index in [1.54, 1.807) is 0 Å². The van der Waals surface area contributed by atoms with Gasteiger partial charge in [0.25, 0.3) is 0 Å². The molecule has 1 aromatic carbocycles. The Kier molecular flexibility index (Phi) is 4.75. The number of hydrogen-bond acceptors (Lipinski definition) is 2. The maximum absolute atomic E-state index is 8.70. The summed E-state index contributed by atoms with van der Waals surface area (Å²) in [6.45, 7) is 7.19. The van der Waals surface area contributed by atoms with E-state index in [2.05, 4.69) is 38.2 Å². The third-order valence-corrected chi connectivity index (χ3v) is 2.47. The number of nitrogens with zero attached hydrogens (tertiary/aromatic N) is 1. The molecule has 2 nitrogen and oxygen atoms in total. The van der Waals surface area contributed by atoms with E-state index in [0.717, 1.165) is 6.54 Å². The molecule has 84 valence electrons. The monoisotopic (exact) mass is 214 g/mol. The van der Waals surface area contributed by atoms with Crippen LogP contribution < -0.4 is 5.32 Å². The normalized spacial score (nSPS) is 11.6. The molecule has 0 radical (unpaired) electrons. The van der Waals surface area contributed by atoms with Crippen LogP contribution in [0.3, 0.4) is 0 Å². The largest absolute Gasteiger partial charge is 0.307 e. The van der Waals surface area contributed by atoms with Gasteiger partial charge >= 0.3 is 0 Å². The van der Waals surface area contributed by atoms with E-state index >= 15 is 0 Å². The summed E-state index contributed by atoms with van der Waals surface area (Å²) in [5.74, 6) is 0. The minimum absolute atomic E-state index is 0.309. The van der Waals surface area contributed by atoms with Crippen LogP contribution in [0.2, 0.25) is 0 Å². The number of allylic oxidation sites excluding steroid dienone is 1. The van der Waals surface area contributed by atoms with E-state index in [1.165, 1.54) is 11.1 Å². The molecule has 2 heteroatoms. The van der Waals surface area contributed by atoms with Crippen molar-refractivity contribution in [3.8, 4) is 6.07 Å². The van der Waals surface area contributed by atoms with Crippen molar-refractivity contribution in [1.82, 2.24) is 5.32 Å². The van der Waals surface area contributed by atoms with Crippen LogP contribution in [0.1, 0.15) is 37.9 Å². The van der Waals surface area contributed by atoms with Crippen molar-refractivity contribution in [1.29, 1.82) is 5.26 Å². The van der Waals surface area contributed by atoms with E-state index < -0.39 is 0 Å². The predicted molar refractivity (Wildman–Crippen MR) is 67.0 cm³/mol. The van der Waals surface area contributed by atoms with Gasteiger partial charge in [-0.05, 0) is 38.5 Å². The summed E-state index contributed by atoms with van der Waals surface area (Å²) in [7, 11) is 0. The molecular weight excluding hydrogens is 196 g/mol. The van der Waals surface area contributed by atoms with Crippen molar-refractivity contribution in [2.75, 3.05) is 6.54 Å². The minimum atomic E-state index is 0.309. The van der Waals surface area contributed by atoms with Crippen LogP contribution in [0.4, 0.5) is 0 Å². The molecule has 0 amide bonds. The molecular formula is C14H18N2. The quantitative estimate of drug-likeness (QED) is 0.781. The molecule has 0 fully saturated rings. The lowest BCUT2D eigenvalue weighted by molar-refractivity contribution is 0.616. The van der Waals surface area contributed by atoms with Gasteiger partial charge in [0.1, 0.15) is 0 Å². The minimum Gasteiger partial charge on any atom is -0.307 e. The first-order chi connectivity index (χ1) is 7.63. The molecule has 1 rings (SSSR count). The van der Waals surface area contributed by atoms with E-state index in [1.807, 2.05) is 24.3 Å². The van der Waals surface area contributed by atoms with Crippen LogP contribution in [-0.4, -0.2) is 6.54 Å². The number of benzene rings is 1. The molecule has 0 saturated heterocycles. The summed E-state index contributed by atoms with van der Waals surface area (Å²) in [6.07, 6.45) is 2.17. The molecule has 0 bridgehead atoms. The van der Waals surface area contributed by atoms with Gasteiger partial charge in [0.15, 0.2) is 0 Å². The fourth-order valence-corrected chi connectivity index (χ4v) is 1.40. The second-order valence-electron chi connectivity index (χ2n) is 4.15. The Hall–Kier alpha value is -1.59.